The van der Waals surface area contributed by atoms with Crippen molar-refractivity contribution in [1.82, 2.24) is 0 Å². The molecule has 1 unspecified atom stereocenters. The molecule has 1 saturated heterocycles. The lowest BCUT2D eigenvalue weighted by atomic mass is 10.2. The Balaban J connectivity index is 1.83. The fourth-order valence-corrected chi connectivity index (χ4v) is 2.73. The number of ether oxygens (including phenoxy) is 1. The monoisotopic (exact) mass is 216 g/mol. The minimum atomic E-state index is 0.493. The molecule has 2 aromatic rings. The molecule has 0 spiro atoms. The van der Waals surface area contributed by atoms with E-state index >= 15 is 0 Å². The molecule has 1 aliphatic rings. The molecule has 1 aromatic heterocycles. The van der Waals surface area contributed by atoms with Crippen LogP contribution in [-0.4, -0.2) is 12.7 Å². The molecule has 0 amide bonds. The van der Waals surface area contributed by atoms with Crippen LogP contribution in [-0.2, 0) is 11.2 Å². The van der Waals surface area contributed by atoms with Crippen LogP contribution >= 0.6 is 11.3 Å². The van der Waals surface area contributed by atoms with Crippen molar-refractivity contribution < 1.29 is 4.74 Å². The molecule has 15 heavy (non-hydrogen) atoms. The van der Waals surface area contributed by atoms with E-state index < -0.39 is 0 Å². The predicted molar refractivity (Wildman–Crippen MR) is 63.2 cm³/mol. The van der Waals surface area contributed by atoms with Gasteiger partial charge in [0, 0.05) is 16.2 Å². The highest BCUT2D eigenvalue weighted by molar-refractivity contribution is 7.15. The summed E-state index contributed by atoms with van der Waals surface area (Å²) in [6.45, 7) is 0.943. The fourth-order valence-electron chi connectivity index (χ4n) is 1.66. The van der Waals surface area contributed by atoms with Gasteiger partial charge in [0.15, 0.2) is 0 Å². The van der Waals surface area contributed by atoms with Crippen LogP contribution in [0.15, 0.2) is 42.5 Å². The zero-order chi connectivity index (χ0) is 10.1. The van der Waals surface area contributed by atoms with E-state index in [1.54, 1.807) is 0 Å². The van der Waals surface area contributed by atoms with Crippen LogP contribution in [0.4, 0.5) is 0 Å². The van der Waals surface area contributed by atoms with Crippen molar-refractivity contribution in [3.05, 3.63) is 47.3 Å². The second kappa shape index (κ2) is 3.80. The molecule has 2 heterocycles. The molecule has 76 valence electrons. The van der Waals surface area contributed by atoms with Crippen molar-refractivity contribution in [3.8, 4) is 10.4 Å². The van der Waals surface area contributed by atoms with E-state index in [-0.39, 0.29) is 0 Å². The Kier molecular flexibility index (Phi) is 2.31. The first-order chi connectivity index (χ1) is 7.42. The first-order valence-corrected chi connectivity index (χ1v) is 5.99. The van der Waals surface area contributed by atoms with E-state index in [0.29, 0.717) is 6.10 Å². The van der Waals surface area contributed by atoms with Gasteiger partial charge in [0.25, 0.3) is 0 Å². The summed E-state index contributed by atoms with van der Waals surface area (Å²) >= 11 is 1.87. The first-order valence-electron chi connectivity index (χ1n) is 5.17. The van der Waals surface area contributed by atoms with Gasteiger partial charge in [-0.3, -0.25) is 0 Å². The molecule has 0 bridgehead atoms. The van der Waals surface area contributed by atoms with Crippen molar-refractivity contribution in [1.29, 1.82) is 0 Å². The first kappa shape index (κ1) is 9.13. The number of epoxide rings is 1. The zero-order valence-electron chi connectivity index (χ0n) is 8.35. The van der Waals surface area contributed by atoms with Crippen molar-refractivity contribution in [2.75, 3.05) is 6.61 Å². The van der Waals surface area contributed by atoms with Gasteiger partial charge >= 0.3 is 0 Å². The maximum absolute atomic E-state index is 5.23. The Bertz CT molecular complexity index is 443. The van der Waals surface area contributed by atoms with E-state index in [1.807, 2.05) is 11.3 Å². The third-order valence-corrected chi connectivity index (χ3v) is 3.71. The molecule has 2 heteroatoms. The average molecular weight is 216 g/mol. The normalized spacial score (nSPS) is 19.1. The van der Waals surface area contributed by atoms with Gasteiger partial charge in [-0.05, 0) is 17.7 Å². The van der Waals surface area contributed by atoms with Crippen LogP contribution in [0.3, 0.4) is 0 Å². The summed E-state index contributed by atoms with van der Waals surface area (Å²) < 4.78 is 5.23. The number of rotatable bonds is 3. The molecule has 0 N–H and O–H groups in total. The van der Waals surface area contributed by atoms with E-state index in [9.17, 15) is 0 Å². The summed E-state index contributed by atoms with van der Waals surface area (Å²) in [5.41, 5.74) is 1.31. The molecule has 3 rings (SSSR count). The second-order valence-corrected chi connectivity index (χ2v) is 4.96. The Labute approximate surface area is 93.3 Å². The van der Waals surface area contributed by atoms with Crippen LogP contribution in [0.5, 0.6) is 0 Å². The second-order valence-electron chi connectivity index (χ2n) is 3.79. The minimum absolute atomic E-state index is 0.493. The number of benzene rings is 1. The third kappa shape index (κ3) is 2.11. The molecule has 1 fully saturated rings. The molecule has 0 saturated carbocycles. The van der Waals surface area contributed by atoms with E-state index in [1.165, 1.54) is 15.3 Å². The Morgan fingerprint density at radius 3 is 2.67 bits per heavy atom. The van der Waals surface area contributed by atoms with Gasteiger partial charge in [-0.1, -0.05) is 30.3 Å². The van der Waals surface area contributed by atoms with Crippen LogP contribution in [0.25, 0.3) is 10.4 Å². The summed E-state index contributed by atoms with van der Waals surface area (Å²) in [6.07, 6.45) is 1.57. The molecule has 0 radical (unpaired) electrons. The standard InChI is InChI=1S/C13H12OS/c1-2-4-10(5-3-1)13-7-6-12(15-13)8-11-9-14-11/h1-7,11H,8-9H2. The Hall–Kier alpha value is -1.12. The molecule has 0 aliphatic carbocycles. The third-order valence-electron chi connectivity index (χ3n) is 2.55. The molecular formula is C13H12OS. The van der Waals surface area contributed by atoms with Gasteiger partial charge in [-0.25, -0.2) is 0 Å². The van der Waals surface area contributed by atoms with Gasteiger partial charge < -0.3 is 4.74 Å². The highest BCUT2D eigenvalue weighted by Gasteiger charge is 2.23. The highest BCUT2D eigenvalue weighted by Crippen LogP contribution is 2.30. The smallest absolute Gasteiger partial charge is 0.0858 e. The summed E-state index contributed by atoms with van der Waals surface area (Å²) in [6, 6.07) is 15.0. The summed E-state index contributed by atoms with van der Waals surface area (Å²) in [4.78, 5) is 2.78. The van der Waals surface area contributed by atoms with Gasteiger partial charge in [0.1, 0.15) is 0 Å². The van der Waals surface area contributed by atoms with Crippen LogP contribution in [0.2, 0.25) is 0 Å². The van der Waals surface area contributed by atoms with Gasteiger partial charge in [-0.2, -0.15) is 0 Å². The minimum Gasteiger partial charge on any atom is -0.373 e. The maximum atomic E-state index is 5.23. The van der Waals surface area contributed by atoms with Crippen LogP contribution in [0, 0.1) is 0 Å². The quantitative estimate of drug-likeness (QED) is 0.717. The Morgan fingerprint density at radius 1 is 1.13 bits per heavy atom. The summed E-state index contributed by atoms with van der Waals surface area (Å²) in [7, 11) is 0. The van der Waals surface area contributed by atoms with E-state index in [4.69, 9.17) is 4.74 Å². The topological polar surface area (TPSA) is 12.5 Å². The van der Waals surface area contributed by atoms with E-state index in [2.05, 4.69) is 42.5 Å². The van der Waals surface area contributed by atoms with Gasteiger partial charge in [-0.15, -0.1) is 11.3 Å². The van der Waals surface area contributed by atoms with Crippen molar-refractivity contribution in [2.24, 2.45) is 0 Å². The molecule has 1 nitrogen and oxygen atoms in total. The van der Waals surface area contributed by atoms with Crippen molar-refractivity contribution in [3.63, 3.8) is 0 Å². The summed E-state index contributed by atoms with van der Waals surface area (Å²) in [5.74, 6) is 0. The van der Waals surface area contributed by atoms with Crippen LogP contribution in [0.1, 0.15) is 4.88 Å². The number of hydrogen-bond donors (Lipinski definition) is 0. The number of hydrogen-bond acceptors (Lipinski definition) is 2. The molecular weight excluding hydrogens is 204 g/mol. The zero-order valence-corrected chi connectivity index (χ0v) is 9.17. The van der Waals surface area contributed by atoms with Crippen molar-refractivity contribution >= 4 is 11.3 Å². The number of thiophene rings is 1. The largest absolute Gasteiger partial charge is 0.373 e. The van der Waals surface area contributed by atoms with Gasteiger partial charge in [0.05, 0.1) is 12.7 Å². The van der Waals surface area contributed by atoms with Crippen LogP contribution < -0.4 is 0 Å². The Morgan fingerprint density at radius 2 is 1.93 bits per heavy atom. The SMILES string of the molecule is c1ccc(-c2ccc(CC3CO3)s2)cc1. The van der Waals surface area contributed by atoms with E-state index in [0.717, 1.165) is 13.0 Å². The molecule has 1 aromatic carbocycles. The molecule has 1 aliphatic heterocycles. The lowest BCUT2D eigenvalue weighted by molar-refractivity contribution is 0.408. The molecule has 1 atom stereocenters. The van der Waals surface area contributed by atoms with Crippen molar-refractivity contribution in [2.45, 2.75) is 12.5 Å². The van der Waals surface area contributed by atoms with Gasteiger partial charge in [0.2, 0.25) is 0 Å². The fraction of sp³-hybridized carbons (Fsp3) is 0.231. The highest BCUT2D eigenvalue weighted by atomic mass is 32.1. The average Bonchev–Trinajstić information content (AvgIpc) is 2.96. The summed E-state index contributed by atoms with van der Waals surface area (Å²) in [5, 5.41) is 0. The maximum Gasteiger partial charge on any atom is 0.0858 e. The lowest BCUT2D eigenvalue weighted by Crippen LogP contribution is -1.87. The lowest BCUT2D eigenvalue weighted by Gasteiger charge is -1.94. The predicted octanol–water partition coefficient (Wildman–Crippen LogP) is 3.36.